The molecule has 25 heavy (non-hydrogen) atoms. The smallest absolute Gasteiger partial charge is 0.257 e. The molecule has 2 rings (SSSR count). The molecule has 0 bridgehead atoms. The van der Waals surface area contributed by atoms with Gasteiger partial charge < -0.3 is 5.32 Å². The predicted molar refractivity (Wildman–Crippen MR) is 101 cm³/mol. The van der Waals surface area contributed by atoms with Gasteiger partial charge in [0.2, 0.25) is 10.0 Å². The molecule has 0 radical (unpaired) electrons. The molecule has 2 aromatic carbocycles. The molecular formula is C17H18Cl2N2O3S. The van der Waals surface area contributed by atoms with Crippen molar-refractivity contribution in [3.63, 3.8) is 0 Å². The fraction of sp³-hybridized carbons (Fsp3) is 0.235. The van der Waals surface area contributed by atoms with Crippen LogP contribution in [-0.2, 0) is 10.0 Å². The van der Waals surface area contributed by atoms with E-state index >= 15 is 0 Å². The van der Waals surface area contributed by atoms with E-state index in [4.69, 9.17) is 23.2 Å². The Kier molecular flexibility index (Phi) is 6.11. The fourth-order valence-electron chi connectivity index (χ4n) is 2.03. The number of nitrogens with zero attached hydrogens (tertiary/aromatic N) is 1. The highest BCUT2D eigenvalue weighted by atomic mass is 35.5. The lowest BCUT2D eigenvalue weighted by Crippen LogP contribution is -2.33. The summed E-state index contributed by atoms with van der Waals surface area (Å²) in [5.74, 6) is -0.428. The topological polar surface area (TPSA) is 66.5 Å². The van der Waals surface area contributed by atoms with Crippen LogP contribution in [-0.4, -0.2) is 31.7 Å². The second kappa shape index (κ2) is 7.74. The maximum atomic E-state index is 12.4. The van der Waals surface area contributed by atoms with Crippen molar-refractivity contribution in [2.75, 3.05) is 12.4 Å². The van der Waals surface area contributed by atoms with Gasteiger partial charge in [0.25, 0.3) is 5.91 Å². The van der Waals surface area contributed by atoms with Gasteiger partial charge in [-0.15, -0.1) is 0 Å². The number of hydrogen-bond donors (Lipinski definition) is 1. The van der Waals surface area contributed by atoms with Crippen LogP contribution in [0.2, 0.25) is 10.0 Å². The molecule has 0 fully saturated rings. The van der Waals surface area contributed by atoms with Crippen molar-refractivity contribution < 1.29 is 13.2 Å². The second-order valence-electron chi connectivity index (χ2n) is 5.69. The van der Waals surface area contributed by atoms with Gasteiger partial charge >= 0.3 is 0 Å². The van der Waals surface area contributed by atoms with Crippen molar-refractivity contribution >= 4 is 44.8 Å². The zero-order valence-corrected chi connectivity index (χ0v) is 16.3. The van der Waals surface area contributed by atoms with Gasteiger partial charge in [-0.25, -0.2) is 8.42 Å². The number of benzene rings is 2. The highest BCUT2D eigenvalue weighted by Crippen LogP contribution is 2.26. The number of hydrogen-bond acceptors (Lipinski definition) is 3. The van der Waals surface area contributed by atoms with E-state index in [2.05, 4.69) is 5.32 Å². The molecule has 0 spiro atoms. The summed E-state index contributed by atoms with van der Waals surface area (Å²) in [5, 5.41) is 3.12. The number of halogens is 2. The number of anilines is 1. The van der Waals surface area contributed by atoms with Crippen LogP contribution in [0.1, 0.15) is 24.2 Å². The minimum atomic E-state index is -3.57. The van der Waals surface area contributed by atoms with E-state index in [1.807, 2.05) is 0 Å². The number of sulfonamides is 1. The van der Waals surface area contributed by atoms with E-state index in [-0.39, 0.29) is 26.5 Å². The second-order valence-corrected chi connectivity index (χ2v) is 8.48. The van der Waals surface area contributed by atoms with Crippen LogP contribution in [0.25, 0.3) is 0 Å². The normalized spacial score (nSPS) is 11.8. The molecule has 134 valence electrons. The Hall–Kier alpha value is -1.60. The number of rotatable bonds is 5. The Bertz CT molecular complexity index is 881. The number of amides is 1. The van der Waals surface area contributed by atoms with E-state index in [0.29, 0.717) is 5.69 Å². The summed E-state index contributed by atoms with van der Waals surface area (Å²) in [7, 11) is -2.04. The van der Waals surface area contributed by atoms with Crippen LogP contribution in [0.15, 0.2) is 47.4 Å². The average molecular weight is 401 g/mol. The van der Waals surface area contributed by atoms with Crippen LogP contribution < -0.4 is 5.32 Å². The zero-order valence-electron chi connectivity index (χ0n) is 14.0. The first-order valence-corrected chi connectivity index (χ1v) is 9.67. The van der Waals surface area contributed by atoms with E-state index in [1.165, 1.54) is 35.6 Å². The van der Waals surface area contributed by atoms with Crippen LogP contribution in [0.5, 0.6) is 0 Å². The summed E-state index contributed by atoms with van der Waals surface area (Å²) in [6.45, 7) is 3.59. The molecule has 1 amide bonds. The van der Waals surface area contributed by atoms with Crippen LogP contribution in [0.3, 0.4) is 0 Å². The predicted octanol–water partition coefficient (Wildman–Crippen LogP) is 4.27. The molecular weight excluding hydrogens is 383 g/mol. The van der Waals surface area contributed by atoms with E-state index < -0.39 is 15.9 Å². The lowest BCUT2D eigenvalue weighted by molar-refractivity contribution is 0.102. The third-order valence-corrected chi connectivity index (χ3v) is 6.58. The van der Waals surface area contributed by atoms with Crippen molar-refractivity contribution in [1.29, 1.82) is 0 Å². The van der Waals surface area contributed by atoms with E-state index in [0.717, 1.165) is 0 Å². The lowest BCUT2D eigenvalue weighted by atomic mass is 10.2. The molecule has 0 aliphatic rings. The minimum Gasteiger partial charge on any atom is -0.322 e. The Labute approximate surface area is 157 Å². The van der Waals surface area contributed by atoms with Crippen LogP contribution >= 0.6 is 23.2 Å². The highest BCUT2D eigenvalue weighted by molar-refractivity contribution is 7.89. The van der Waals surface area contributed by atoms with Crippen molar-refractivity contribution in [1.82, 2.24) is 4.31 Å². The molecule has 0 heterocycles. The molecule has 1 N–H and O–H groups in total. The molecule has 0 saturated carbocycles. The Balaban J connectivity index is 2.21. The molecule has 2 aromatic rings. The monoisotopic (exact) mass is 400 g/mol. The fourth-order valence-corrected chi connectivity index (χ4v) is 3.79. The molecule has 5 nitrogen and oxygen atoms in total. The van der Waals surface area contributed by atoms with E-state index in [9.17, 15) is 13.2 Å². The molecule has 0 aliphatic carbocycles. The third kappa shape index (κ3) is 4.33. The van der Waals surface area contributed by atoms with Gasteiger partial charge in [0, 0.05) is 18.8 Å². The first kappa shape index (κ1) is 19.7. The first-order valence-electron chi connectivity index (χ1n) is 7.48. The third-order valence-electron chi connectivity index (χ3n) is 3.71. The molecule has 8 heteroatoms. The van der Waals surface area contributed by atoms with Crippen molar-refractivity contribution in [3.8, 4) is 0 Å². The largest absolute Gasteiger partial charge is 0.322 e. The molecule has 0 unspecified atom stereocenters. The van der Waals surface area contributed by atoms with E-state index in [1.54, 1.807) is 32.0 Å². The summed E-state index contributed by atoms with van der Waals surface area (Å²) < 4.78 is 26.1. The summed E-state index contributed by atoms with van der Waals surface area (Å²) in [6.07, 6.45) is 0. The molecule has 0 atom stereocenters. The Morgan fingerprint density at radius 3 is 2.24 bits per heavy atom. The number of carbonyl (C=O) groups is 1. The highest BCUT2D eigenvalue weighted by Gasteiger charge is 2.23. The standard InChI is InChI=1S/C17H18Cl2N2O3S/c1-11(2)21(3)25(23,24)13-9-7-12(8-10-13)20-17(22)14-5-4-6-15(18)16(14)19/h4-11H,1-3H3,(H,20,22). The van der Waals surface area contributed by atoms with Crippen molar-refractivity contribution in [3.05, 3.63) is 58.1 Å². The summed E-state index contributed by atoms with van der Waals surface area (Å²) >= 11 is 11.9. The Morgan fingerprint density at radius 1 is 1.08 bits per heavy atom. The zero-order chi connectivity index (χ0) is 18.8. The van der Waals surface area contributed by atoms with Gasteiger partial charge in [-0.1, -0.05) is 29.3 Å². The molecule has 0 aliphatic heterocycles. The van der Waals surface area contributed by atoms with Gasteiger partial charge in [0.1, 0.15) is 0 Å². The summed E-state index contributed by atoms with van der Waals surface area (Å²) in [4.78, 5) is 12.4. The minimum absolute atomic E-state index is 0.155. The maximum absolute atomic E-state index is 12.4. The van der Waals surface area contributed by atoms with Crippen LogP contribution in [0.4, 0.5) is 5.69 Å². The van der Waals surface area contributed by atoms with Crippen LogP contribution in [0, 0.1) is 0 Å². The molecule has 0 saturated heterocycles. The van der Waals surface area contributed by atoms with Gasteiger partial charge in [-0.05, 0) is 50.2 Å². The van der Waals surface area contributed by atoms with Gasteiger partial charge in [0.05, 0.1) is 20.5 Å². The van der Waals surface area contributed by atoms with Gasteiger partial charge in [-0.2, -0.15) is 4.31 Å². The first-order chi connectivity index (χ1) is 11.6. The summed E-state index contributed by atoms with van der Waals surface area (Å²) in [6, 6.07) is 10.6. The van der Waals surface area contributed by atoms with Gasteiger partial charge in [0.15, 0.2) is 0 Å². The maximum Gasteiger partial charge on any atom is 0.257 e. The number of nitrogens with one attached hydrogen (secondary N) is 1. The molecule has 0 aromatic heterocycles. The number of carbonyl (C=O) groups excluding carboxylic acids is 1. The van der Waals surface area contributed by atoms with Crippen molar-refractivity contribution in [2.45, 2.75) is 24.8 Å². The Morgan fingerprint density at radius 2 is 1.68 bits per heavy atom. The quantitative estimate of drug-likeness (QED) is 0.814. The average Bonchev–Trinajstić information content (AvgIpc) is 2.56. The van der Waals surface area contributed by atoms with Crippen molar-refractivity contribution in [2.24, 2.45) is 0 Å². The van der Waals surface area contributed by atoms with Gasteiger partial charge in [-0.3, -0.25) is 4.79 Å². The lowest BCUT2D eigenvalue weighted by Gasteiger charge is -2.21. The SMILES string of the molecule is CC(C)N(C)S(=O)(=O)c1ccc(NC(=O)c2cccc(Cl)c2Cl)cc1. The summed E-state index contributed by atoms with van der Waals surface area (Å²) in [5.41, 5.74) is 0.692.